The van der Waals surface area contributed by atoms with E-state index in [1.807, 2.05) is 18.2 Å². The zero-order valence-corrected chi connectivity index (χ0v) is 17.2. The molecule has 2 N–H and O–H groups in total. The van der Waals surface area contributed by atoms with Gasteiger partial charge in [-0.15, -0.1) is 0 Å². The lowest BCUT2D eigenvalue weighted by atomic mass is 9.91. The summed E-state index contributed by atoms with van der Waals surface area (Å²) in [5.41, 5.74) is 3.88. The SMILES string of the molecule is COC(O)c1ccncc1NC[C@@H]1CCOc2cc(-c3cccc(F)c3Cl)ccc21. The minimum Gasteiger partial charge on any atom is -0.493 e. The Morgan fingerprint density at radius 2 is 2.20 bits per heavy atom. The molecule has 30 heavy (non-hydrogen) atoms. The molecule has 0 radical (unpaired) electrons. The third-order valence-electron chi connectivity index (χ3n) is 5.32. The number of aliphatic hydroxyl groups is 1. The molecule has 5 nitrogen and oxygen atoms in total. The summed E-state index contributed by atoms with van der Waals surface area (Å²) in [6.07, 6.45) is 3.12. The summed E-state index contributed by atoms with van der Waals surface area (Å²) in [6.45, 7) is 1.23. The first-order valence-corrected chi connectivity index (χ1v) is 10.1. The second-order valence-corrected chi connectivity index (χ2v) is 7.50. The molecule has 156 valence electrons. The van der Waals surface area contributed by atoms with Gasteiger partial charge in [-0.3, -0.25) is 4.98 Å². The van der Waals surface area contributed by atoms with Crippen molar-refractivity contribution in [2.45, 2.75) is 18.6 Å². The molecule has 1 aliphatic rings. The molecule has 2 atom stereocenters. The van der Waals surface area contributed by atoms with E-state index in [1.54, 1.807) is 30.6 Å². The number of anilines is 1. The monoisotopic (exact) mass is 428 g/mol. The van der Waals surface area contributed by atoms with Gasteiger partial charge in [-0.2, -0.15) is 0 Å². The first-order chi connectivity index (χ1) is 14.6. The molecule has 1 aromatic heterocycles. The molecule has 0 aliphatic carbocycles. The number of rotatable bonds is 6. The number of aliphatic hydroxyl groups excluding tert-OH is 1. The van der Waals surface area contributed by atoms with E-state index in [1.165, 1.54) is 13.2 Å². The first-order valence-electron chi connectivity index (χ1n) is 9.68. The summed E-state index contributed by atoms with van der Waals surface area (Å²) >= 11 is 6.15. The molecule has 0 amide bonds. The fourth-order valence-corrected chi connectivity index (χ4v) is 3.93. The van der Waals surface area contributed by atoms with Crippen LogP contribution in [0.15, 0.2) is 54.9 Å². The maximum atomic E-state index is 13.8. The van der Waals surface area contributed by atoms with Crippen LogP contribution >= 0.6 is 11.6 Å². The number of aromatic nitrogens is 1. The predicted molar refractivity (Wildman–Crippen MR) is 114 cm³/mol. The van der Waals surface area contributed by atoms with Crippen LogP contribution in [0.3, 0.4) is 0 Å². The molecule has 2 heterocycles. The van der Waals surface area contributed by atoms with Crippen LogP contribution in [0.1, 0.15) is 29.8 Å². The van der Waals surface area contributed by atoms with Gasteiger partial charge in [0.15, 0.2) is 6.29 Å². The molecule has 2 aromatic carbocycles. The van der Waals surface area contributed by atoms with Gasteiger partial charge in [0.1, 0.15) is 11.6 Å². The third kappa shape index (κ3) is 4.12. The molecule has 3 aromatic rings. The highest BCUT2D eigenvalue weighted by atomic mass is 35.5. The van der Waals surface area contributed by atoms with Crippen molar-refractivity contribution in [3.05, 3.63) is 76.8 Å². The lowest BCUT2D eigenvalue weighted by molar-refractivity contribution is -0.0764. The van der Waals surface area contributed by atoms with Crippen molar-refractivity contribution < 1.29 is 19.0 Å². The van der Waals surface area contributed by atoms with Gasteiger partial charge in [0.25, 0.3) is 0 Å². The van der Waals surface area contributed by atoms with Gasteiger partial charge in [-0.1, -0.05) is 35.9 Å². The minimum atomic E-state index is -1.02. The Kier molecular flexibility index (Phi) is 6.18. The van der Waals surface area contributed by atoms with Crippen LogP contribution in [-0.4, -0.2) is 30.4 Å². The standard InChI is InChI=1S/C23H22ClFN2O3/c1-29-23(28)18-7-9-26-13-20(18)27-12-15-8-10-30-21-11-14(5-6-16(15)21)17-3-2-4-19(25)22(17)24/h2-7,9,11,13,15,23,27-28H,8,10,12H2,1H3/t15-,23?/m0/s1. The summed E-state index contributed by atoms with van der Waals surface area (Å²) < 4.78 is 24.7. The second-order valence-electron chi connectivity index (χ2n) is 7.12. The molecule has 0 saturated carbocycles. The average molecular weight is 429 g/mol. The molecule has 0 spiro atoms. The minimum absolute atomic E-state index is 0.104. The van der Waals surface area contributed by atoms with Crippen molar-refractivity contribution in [1.82, 2.24) is 4.98 Å². The summed E-state index contributed by atoms with van der Waals surface area (Å²) in [7, 11) is 1.45. The van der Waals surface area contributed by atoms with E-state index >= 15 is 0 Å². The smallest absolute Gasteiger partial charge is 0.182 e. The van der Waals surface area contributed by atoms with E-state index in [9.17, 15) is 9.50 Å². The lowest BCUT2D eigenvalue weighted by Crippen LogP contribution is -2.21. The topological polar surface area (TPSA) is 63.6 Å². The van der Waals surface area contributed by atoms with Gasteiger partial charge in [-0.05, 0) is 35.7 Å². The highest BCUT2D eigenvalue weighted by Gasteiger charge is 2.23. The van der Waals surface area contributed by atoms with Crippen molar-refractivity contribution in [3.8, 4) is 16.9 Å². The van der Waals surface area contributed by atoms with Crippen molar-refractivity contribution in [3.63, 3.8) is 0 Å². The van der Waals surface area contributed by atoms with Crippen LogP contribution in [0.2, 0.25) is 5.02 Å². The fourth-order valence-electron chi connectivity index (χ4n) is 3.70. The first kappa shape index (κ1) is 20.6. The Morgan fingerprint density at radius 1 is 1.33 bits per heavy atom. The number of pyridine rings is 1. The van der Waals surface area contributed by atoms with Gasteiger partial charge in [0, 0.05) is 36.9 Å². The summed E-state index contributed by atoms with van der Waals surface area (Å²) in [5.74, 6) is 0.535. The van der Waals surface area contributed by atoms with Gasteiger partial charge in [-0.25, -0.2) is 4.39 Å². The predicted octanol–water partition coefficient (Wildman–Crippen LogP) is 5.16. The van der Waals surface area contributed by atoms with Crippen molar-refractivity contribution in [2.24, 2.45) is 0 Å². The van der Waals surface area contributed by atoms with Crippen LogP contribution in [-0.2, 0) is 4.74 Å². The Labute approximate surface area is 179 Å². The van der Waals surface area contributed by atoms with E-state index in [0.29, 0.717) is 24.3 Å². The third-order valence-corrected chi connectivity index (χ3v) is 5.71. The van der Waals surface area contributed by atoms with E-state index in [4.69, 9.17) is 21.1 Å². The highest BCUT2D eigenvalue weighted by Crippen LogP contribution is 2.39. The van der Waals surface area contributed by atoms with E-state index in [2.05, 4.69) is 10.3 Å². The number of benzene rings is 2. The summed E-state index contributed by atoms with van der Waals surface area (Å²) in [5, 5.41) is 13.5. The van der Waals surface area contributed by atoms with E-state index < -0.39 is 12.1 Å². The van der Waals surface area contributed by atoms with Crippen LogP contribution < -0.4 is 10.1 Å². The molecule has 7 heteroatoms. The van der Waals surface area contributed by atoms with Crippen LogP contribution in [0, 0.1) is 5.82 Å². The normalized spacial score (nSPS) is 16.5. The summed E-state index contributed by atoms with van der Waals surface area (Å²) in [4.78, 5) is 4.13. The Hall–Kier alpha value is -2.67. The Bertz CT molecular complexity index is 1050. The lowest BCUT2D eigenvalue weighted by Gasteiger charge is -2.27. The average Bonchev–Trinajstić information content (AvgIpc) is 2.78. The van der Waals surface area contributed by atoms with Crippen molar-refractivity contribution in [2.75, 3.05) is 25.6 Å². The number of ether oxygens (including phenoxy) is 2. The highest BCUT2D eigenvalue weighted by molar-refractivity contribution is 6.33. The second kappa shape index (κ2) is 9.00. The molecule has 0 saturated heterocycles. The Balaban J connectivity index is 1.56. The number of hydrogen-bond donors (Lipinski definition) is 2. The van der Waals surface area contributed by atoms with Gasteiger partial charge < -0.3 is 19.9 Å². The maximum Gasteiger partial charge on any atom is 0.182 e. The maximum absolute atomic E-state index is 13.8. The number of fused-ring (bicyclic) bond motifs is 1. The summed E-state index contributed by atoms with van der Waals surface area (Å²) in [6, 6.07) is 12.4. The number of halogens is 2. The number of hydrogen-bond acceptors (Lipinski definition) is 5. The van der Waals surface area contributed by atoms with Crippen LogP contribution in [0.25, 0.3) is 11.1 Å². The van der Waals surface area contributed by atoms with Crippen molar-refractivity contribution in [1.29, 1.82) is 0 Å². The zero-order valence-electron chi connectivity index (χ0n) is 16.4. The fraction of sp³-hybridized carbons (Fsp3) is 0.261. The largest absolute Gasteiger partial charge is 0.493 e. The molecular weight excluding hydrogens is 407 g/mol. The Morgan fingerprint density at radius 3 is 3.03 bits per heavy atom. The van der Waals surface area contributed by atoms with E-state index in [-0.39, 0.29) is 10.9 Å². The molecule has 0 bridgehead atoms. The molecule has 0 fully saturated rings. The molecule has 4 rings (SSSR count). The number of methoxy groups -OCH3 is 1. The van der Waals surface area contributed by atoms with Crippen LogP contribution in [0.4, 0.5) is 10.1 Å². The van der Waals surface area contributed by atoms with Gasteiger partial charge >= 0.3 is 0 Å². The quantitative estimate of drug-likeness (QED) is 0.531. The van der Waals surface area contributed by atoms with Crippen LogP contribution in [0.5, 0.6) is 5.75 Å². The van der Waals surface area contributed by atoms with Gasteiger partial charge in [0.05, 0.1) is 23.5 Å². The van der Waals surface area contributed by atoms with Crippen molar-refractivity contribution >= 4 is 17.3 Å². The molecule has 1 aliphatic heterocycles. The number of nitrogens with zero attached hydrogens (tertiary/aromatic N) is 1. The number of nitrogens with one attached hydrogen (secondary N) is 1. The van der Waals surface area contributed by atoms with Gasteiger partial charge in [0.2, 0.25) is 0 Å². The molecule has 1 unspecified atom stereocenters. The zero-order chi connectivity index (χ0) is 21.1. The molecular formula is C23H22ClFN2O3. The van der Waals surface area contributed by atoms with E-state index in [0.717, 1.165) is 29.0 Å².